The third-order valence-electron chi connectivity index (χ3n) is 6.85. The quantitative estimate of drug-likeness (QED) is 0.290. The van der Waals surface area contributed by atoms with E-state index in [0.29, 0.717) is 11.0 Å². The zero-order valence-corrected chi connectivity index (χ0v) is 20.0. The number of nitrogens with zero attached hydrogens (tertiary/aromatic N) is 1. The van der Waals surface area contributed by atoms with Crippen molar-refractivity contribution in [2.24, 2.45) is 0 Å². The summed E-state index contributed by atoms with van der Waals surface area (Å²) < 4.78 is 15.9. The lowest BCUT2D eigenvalue weighted by molar-refractivity contribution is -0.140. The van der Waals surface area contributed by atoms with Crippen LogP contribution >= 0.6 is 0 Å². The van der Waals surface area contributed by atoms with Crippen LogP contribution < -0.4 is 10.5 Å². The molecule has 176 valence electrons. The molecule has 4 rings (SSSR count). The molecule has 1 aromatic carbocycles. The number of hydrogen-bond acceptors (Lipinski definition) is 7. The van der Waals surface area contributed by atoms with Crippen LogP contribution in [0.1, 0.15) is 68.9 Å². The number of hydrogen-bond donors (Lipinski definition) is 0. The van der Waals surface area contributed by atoms with Crippen molar-refractivity contribution < 1.29 is 23.5 Å². The van der Waals surface area contributed by atoms with Crippen molar-refractivity contribution in [1.29, 1.82) is 0 Å². The Bertz CT molecular complexity index is 1220. The van der Waals surface area contributed by atoms with Gasteiger partial charge in [0.15, 0.2) is 0 Å². The van der Waals surface area contributed by atoms with Crippen molar-refractivity contribution in [1.82, 2.24) is 0 Å². The Morgan fingerprint density at radius 3 is 2.36 bits per heavy atom. The Labute approximate surface area is 193 Å². The lowest BCUT2D eigenvalue weighted by Crippen LogP contribution is -2.44. The molecule has 0 atom stereocenters. The summed E-state index contributed by atoms with van der Waals surface area (Å²) in [5.74, 6) is -1.36. The molecule has 0 unspecified atom stereocenters. The fourth-order valence-electron chi connectivity index (χ4n) is 4.76. The van der Waals surface area contributed by atoms with E-state index in [1.54, 1.807) is 6.07 Å². The second kappa shape index (κ2) is 8.04. The van der Waals surface area contributed by atoms with Gasteiger partial charge in [-0.3, -0.25) is 0 Å². The number of fused-ring (bicyclic) bond motifs is 2. The molecule has 33 heavy (non-hydrogen) atoms. The number of carbonyl (C=O) groups excluding carboxylic acids is 2. The molecule has 0 saturated carbocycles. The van der Waals surface area contributed by atoms with Gasteiger partial charge >= 0.3 is 17.6 Å². The smallest absolute Gasteiger partial charge is 0.351 e. The standard InChI is InChI=1S/C26H31NO6/c1-15(2)22(28)31-11-12-32-23(29)17-13-16-14-18-20-19(21(16)33-24(17)30)26(5,6)8-10-27(20)9-7-25(18,3)4/h13-14H,1,7-12H2,2-6H3. The molecule has 7 nitrogen and oxygen atoms in total. The molecule has 0 aliphatic carbocycles. The van der Waals surface area contributed by atoms with Crippen molar-refractivity contribution in [2.75, 3.05) is 31.2 Å². The first-order chi connectivity index (χ1) is 15.4. The minimum atomic E-state index is -0.802. The SMILES string of the molecule is C=C(C)C(=O)OCCOC(=O)c1cc2cc3c4c(c2oc1=O)C(C)(C)CCN4CCC3(C)C. The molecule has 1 aromatic heterocycles. The van der Waals surface area contributed by atoms with E-state index >= 15 is 0 Å². The summed E-state index contributed by atoms with van der Waals surface area (Å²) in [6, 6.07) is 3.62. The van der Waals surface area contributed by atoms with Gasteiger partial charge < -0.3 is 18.8 Å². The highest BCUT2D eigenvalue weighted by Gasteiger charge is 2.42. The van der Waals surface area contributed by atoms with E-state index < -0.39 is 17.6 Å². The van der Waals surface area contributed by atoms with Gasteiger partial charge in [-0.1, -0.05) is 34.3 Å². The summed E-state index contributed by atoms with van der Waals surface area (Å²) in [4.78, 5) is 39.2. The van der Waals surface area contributed by atoms with Gasteiger partial charge in [0.05, 0.1) is 0 Å². The summed E-state index contributed by atoms with van der Waals surface area (Å²) in [5.41, 5.74) is 3.12. The highest BCUT2D eigenvalue weighted by molar-refractivity contribution is 5.96. The summed E-state index contributed by atoms with van der Waals surface area (Å²) in [6.45, 7) is 15.5. The Balaban J connectivity index is 1.73. The molecular weight excluding hydrogens is 422 g/mol. The van der Waals surface area contributed by atoms with Crippen LogP contribution in [0, 0.1) is 0 Å². The molecule has 3 heterocycles. The molecule has 7 heteroatoms. The van der Waals surface area contributed by atoms with E-state index in [0.717, 1.165) is 31.5 Å². The number of benzene rings is 1. The molecule has 0 fully saturated rings. The first-order valence-electron chi connectivity index (χ1n) is 11.3. The molecule has 0 amide bonds. The molecule has 0 saturated heterocycles. The minimum Gasteiger partial charge on any atom is -0.459 e. The van der Waals surface area contributed by atoms with Gasteiger partial charge in [0, 0.05) is 35.3 Å². The minimum absolute atomic E-state index is 0.0356. The van der Waals surface area contributed by atoms with E-state index in [1.807, 2.05) is 0 Å². The van der Waals surface area contributed by atoms with Crippen LogP contribution in [0.2, 0.25) is 0 Å². The molecule has 2 aromatic rings. The van der Waals surface area contributed by atoms with Gasteiger partial charge in [-0.2, -0.15) is 0 Å². The average Bonchev–Trinajstić information content (AvgIpc) is 2.73. The predicted octanol–water partition coefficient (Wildman–Crippen LogP) is 4.24. The number of rotatable bonds is 5. The van der Waals surface area contributed by atoms with E-state index in [1.165, 1.54) is 18.2 Å². The van der Waals surface area contributed by atoms with Gasteiger partial charge in [-0.05, 0) is 48.3 Å². The van der Waals surface area contributed by atoms with Crippen molar-refractivity contribution >= 4 is 28.6 Å². The normalized spacial score (nSPS) is 17.9. The van der Waals surface area contributed by atoms with Crippen molar-refractivity contribution in [3.63, 3.8) is 0 Å². The van der Waals surface area contributed by atoms with Gasteiger partial charge in [-0.25, -0.2) is 14.4 Å². The Morgan fingerprint density at radius 2 is 1.70 bits per heavy atom. The van der Waals surface area contributed by atoms with Crippen LogP contribution in [0.3, 0.4) is 0 Å². The van der Waals surface area contributed by atoms with Crippen LogP contribution in [0.25, 0.3) is 11.0 Å². The molecule has 0 radical (unpaired) electrons. The van der Waals surface area contributed by atoms with Crippen LogP contribution in [-0.2, 0) is 25.1 Å². The Hall–Kier alpha value is -3.09. The number of anilines is 1. The zero-order chi connectivity index (χ0) is 24.1. The van der Waals surface area contributed by atoms with E-state index in [4.69, 9.17) is 13.9 Å². The molecule has 0 spiro atoms. The summed E-state index contributed by atoms with van der Waals surface area (Å²) in [6.07, 6.45) is 1.98. The summed E-state index contributed by atoms with van der Waals surface area (Å²) >= 11 is 0. The van der Waals surface area contributed by atoms with Gasteiger partial charge in [-0.15, -0.1) is 0 Å². The van der Waals surface area contributed by atoms with Crippen LogP contribution in [0.15, 0.2) is 33.5 Å². The van der Waals surface area contributed by atoms with E-state index in [9.17, 15) is 14.4 Å². The monoisotopic (exact) mass is 453 g/mol. The van der Waals surface area contributed by atoms with Crippen molar-refractivity contribution in [3.05, 3.63) is 51.4 Å². The Morgan fingerprint density at radius 1 is 1.06 bits per heavy atom. The van der Waals surface area contributed by atoms with E-state index in [2.05, 4.69) is 45.2 Å². The maximum absolute atomic E-state index is 12.8. The largest absolute Gasteiger partial charge is 0.459 e. The number of ether oxygens (including phenoxy) is 2. The van der Waals surface area contributed by atoms with Gasteiger partial charge in [0.25, 0.3) is 0 Å². The first-order valence-corrected chi connectivity index (χ1v) is 11.3. The lowest BCUT2D eigenvalue weighted by Gasteiger charge is -2.48. The van der Waals surface area contributed by atoms with Crippen LogP contribution in [0.4, 0.5) is 5.69 Å². The third-order valence-corrected chi connectivity index (χ3v) is 6.85. The number of esters is 2. The summed E-state index contributed by atoms with van der Waals surface area (Å²) in [7, 11) is 0. The fourth-order valence-corrected chi connectivity index (χ4v) is 4.76. The average molecular weight is 454 g/mol. The number of carbonyl (C=O) groups is 2. The maximum Gasteiger partial charge on any atom is 0.351 e. The summed E-state index contributed by atoms with van der Waals surface area (Å²) in [5, 5.41) is 0.717. The second-order valence-electron chi connectivity index (χ2n) is 10.3. The zero-order valence-electron chi connectivity index (χ0n) is 20.0. The predicted molar refractivity (Wildman–Crippen MR) is 126 cm³/mol. The third kappa shape index (κ3) is 4.05. The van der Waals surface area contributed by atoms with Crippen LogP contribution in [0.5, 0.6) is 0 Å². The molecule has 0 bridgehead atoms. The van der Waals surface area contributed by atoms with Gasteiger partial charge in [0.1, 0.15) is 24.4 Å². The highest BCUT2D eigenvalue weighted by atomic mass is 16.6. The molecular formula is C26H31NO6. The first kappa shape index (κ1) is 23.1. The van der Waals surface area contributed by atoms with E-state index in [-0.39, 0.29) is 35.2 Å². The topological polar surface area (TPSA) is 86.0 Å². The van der Waals surface area contributed by atoms with Crippen LogP contribution in [-0.4, -0.2) is 38.2 Å². The lowest BCUT2D eigenvalue weighted by atomic mass is 9.69. The molecule has 2 aliphatic rings. The Kier molecular flexibility index (Phi) is 5.63. The molecule has 0 N–H and O–H groups in total. The fraction of sp³-hybridized carbons (Fsp3) is 0.500. The van der Waals surface area contributed by atoms with Gasteiger partial charge in [0.2, 0.25) is 0 Å². The van der Waals surface area contributed by atoms with Crippen molar-refractivity contribution in [3.8, 4) is 0 Å². The second-order valence-corrected chi connectivity index (χ2v) is 10.3. The maximum atomic E-state index is 12.8. The highest BCUT2D eigenvalue weighted by Crippen LogP contribution is 2.51. The van der Waals surface area contributed by atoms with Crippen molar-refractivity contribution in [2.45, 2.75) is 58.3 Å². The molecule has 2 aliphatic heterocycles.